The van der Waals surface area contributed by atoms with Crippen LogP contribution in [0.1, 0.15) is 6.92 Å². The van der Waals surface area contributed by atoms with Crippen molar-refractivity contribution < 1.29 is 9.72 Å². The number of benzene rings is 1. The first-order valence-corrected chi connectivity index (χ1v) is 7.09. The third kappa shape index (κ3) is 3.91. The molecule has 1 heterocycles. The molecule has 114 valence electrons. The maximum Gasteiger partial charge on any atom is 0.269 e. The summed E-state index contributed by atoms with van der Waals surface area (Å²) in [5.74, 6) is 0.125. The Kier molecular flexibility index (Phi) is 5.10. The van der Waals surface area contributed by atoms with E-state index in [1.165, 1.54) is 12.1 Å². The fourth-order valence-corrected chi connectivity index (χ4v) is 2.34. The standard InChI is InChI=1S/C14H20N4O3/c1-2-15-11-14(19)17-9-7-16(8-10-17)12-3-5-13(6-4-12)18(20)21/h3-6,15H,2,7-11H2,1H3. The van der Waals surface area contributed by atoms with Crippen molar-refractivity contribution in [3.05, 3.63) is 34.4 Å². The Morgan fingerprint density at radius 1 is 1.24 bits per heavy atom. The second-order valence-corrected chi connectivity index (χ2v) is 4.92. The van der Waals surface area contributed by atoms with E-state index in [4.69, 9.17) is 0 Å². The molecule has 0 radical (unpaired) electrons. The lowest BCUT2D eigenvalue weighted by atomic mass is 10.2. The predicted octanol–water partition coefficient (Wildman–Crippen LogP) is 0.853. The van der Waals surface area contributed by atoms with E-state index in [9.17, 15) is 14.9 Å². The van der Waals surface area contributed by atoms with Crippen molar-refractivity contribution in [3.8, 4) is 0 Å². The second-order valence-electron chi connectivity index (χ2n) is 4.92. The Balaban J connectivity index is 1.88. The molecule has 7 nitrogen and oxygen atoms in total. The molecule has 1 saturated heterocycles. The normalized spacial score (nSPS) is 15.1. The summed E-state index contributed by atoms with van der Waals surface area (Å²) < 4.78 is 0. The Labute approximate surface area is 123 Å². The Bertz CT molecular complexity index is 495. The fraction of sp³-hybridized carbons (Fsp3) is 0.500. The molecule has 0 aliphatic carbocycles. The molecule has 7 heteroatoms. The topological polar surface area (TPSA) is 78.7 Å². The number of likely N-dealkylation sites (N-methyl/N-ethyl adjacent to an activating group) is 1. The Morgan fingerprint density at radius 3 is 2.38 bits per heavy atom. The third-order valence-electron chi connectivity index (χ3n) is 3.58. The van der Waals surface area contributed by atoms with Gasteiger partial charge in [0, 0.05) is 44.0 Å². The summed E-state index contributed by atoms with van der Waals surface area (Å²) in [4.78, 5) is 26.1. The zero-order chi connectivity index (χ0) is 15.2. The van der Waals surface area contributed by atoms with Crippen LogP contribution in [0.3, 0.4) is 0 Å². The molecule has 0 aromatic heterocycles. The highest BCUT2D eigenvalue weighted by molar-refractivity contribution is 5.78. The zero-order valence-corrected chi connectivity index (χ0v) is 12.1. The van der Waals surface area contributed by atoms with Crippen LogP contribution in [0.4, 0.5) is 11.4 Å². The largest absolute Gasteiger partial charge is 0.368 e. The molecular weight excluding hydrogens is 272 g/mol. The number of nitro groups is 1. The first kappa shape index (κ1) is 15.2. The van der Waals surface area contributed by atoms with Gasteiger partial charge in [0.1, 0.15) is 0 Å². The van der Waals surface area contributed by atoms with Gasteiger partial charge in [-0.2, -0.15) is 0 Å². The summed E-state index contributed by atoms with van der Waals surface area (Å²) in [6.07, 6.45) is 0. The maximum atomic E-state index is 11.9. The quantitative estimate of drug-likeness (QED) is 0.643. The highest BCUT2D eigenvalue weighted by Crippen LogP contribution is 2.20. The van der Waals surface area contributed by atoms with Crippen LogP contribution in [-0.4, -0.2) is 55.0 Å². The summed E-state index contributed by atoms with van der Waals surface area (Å²) in [6.45, 7) is 6.00. The first-order valence-electron chi connectivity index (χ1n) is 7.09. The van der Waals surface area contributed by atoms with Gasteiger partial charge in [-0.1, -0.05) is 6.92 Å². The molecule has 1 aliphatic rings. The molecule has 2 rings (SSSR count). The van der Waals surface area contributed by atoms with Crippen LogP contribution in [0.2, 0.25) is 0 Å². The second kappa shape index (κ2) is 7.03. The van der Waals surface area contributed by atoms with Gasteiger partial charge in [0.15, 0.2) is 0 Å². The van der Waals surface area contributed by atoms with Gasteiger partial charge in [-0.15, -0.1) is 0 Å². The molecule has 21 heavy (non-hydrogen) atoms. The molecule has 0 spiro atoms. The van der Waals surface area contributed by atoms with E-state index in [0.717, 1.165) is 25.3 Å². The number of hydrogen-bond donors (Lipinski definition) is 1. The average Bonchev–Trinajstić information content (AvgIpc) is 2.53. The van der Waals surface area contributed by atoms with Crippen LogP contribution in [0, 0.1) is 10.1 Å². The van der Waals surface area contributed by atoms with Crippen molar-refractivity contribution in [2.45, 2.75) is 6.92 Å². The minimum absolute atomic E-state index is 0.0956. The van der Waals surface area contributed by atoms with Gasteiger partial charge in [0.2, 0.25) is 5.91 Å². The van der Waals surface area contributed by atoms with E-state index in [0.29, 0.717) is 19.6 Å². The minimum atomic E-state index is -0.402. The number of amides is 1. The highest BCUT2D eigenvalue weighted by atomic mass is 16.6. The average molecular weight is 292 g/mol. The van der Waals surface area contributed by atoms with Crippen molar-refractivity contribution in [3.63, 3.8) is 0 Å². The summed E-state index contributed by atoms with van der Waals surface area (Å²) in [5.41, 5.74) is 1.05. The predicted molar refractivity (Wildman–Crippen MR) is 80.4 cm³/mol. The number of carbonyl (C=O) groups is 1. The van der Waals surface area contributed by atoms with Crippen molar-refractivity contribution >= 4 is 17.3 Å². The fourth-order valence-electron chi connectivity index (χ4n) is 2.34. The Morgan fingerprint density at radius 2 is 1.86 bits per heavy atom. The van der Waals surface area contributed by atoms with E-state index in [1.54, 1.807) is 12.1 Å². The molecular formula is C14H20N4O3. The van der Waals surface area contributed by atoms with Gasteiger partial charge in [-0.05, 0) is 18.7 Å². The Hall–Kier alpha value is -2.15. The van der Waals surface area contributed by atoms with Crippen molar-refractivity contribution in [2.75, 3.05) is 44.2 Å². The smallest absolute Gasteiger partial charge is 0.269 e. The van der Waals surface area contributed by atoms with Gasteiger partial charge < -0.3 is 15.1 Å². The molecule has 1 aliphatic heterocycles. The number of anilines is 1. The number of piperazine rings is 1. The van der Waals surface area contributed by atoms with Gasteiger partial charge in [0.05, 0.1) is 11.5 Å². The molecule has 1 aromatic rings. The molecule has 1 aromatic carbocycles. The van der Waals surface area contributed by atoms with Crippen LogP contribution in [0.15, 0.2) is 24.3 Å². The molecule has 1 N–H and O–H groups in total. The maximum absolute atomic E-state index is 11.9. The van der Waals surface area contributed by atoms with Crippen LogP contribution < -0.4 is 10.2 Å². The number of nitrogens with zero attached hydrogens (tertiary/aromatic N) is 3. The molecule has 0 atom stereocenters. The molecule has 0 saturated carbocycles. The van der Waals surface area contributed by atoms with Crippen molar-refractivity contribution in [1.82, 2.24) is 10.2 Å². The number of hydrogen-bond acceptors (Lipinski definition) is 5. The summed E-state index contributed by atoms with van der Waals surface area (Å²) in [7, 11) is 0. The van der Waals surface area contributed by atoms with E-state index in [2.05, 4.69) is 10.2 Å². The molecule has 1 fully saturated rings. The lowest BCUT2D eigenvalue weighted by Gasteiger charge is -2.36. The lowest BCUT2D eigenvalue weighted by molar-refractivity contribution is -0.384. The SMILES string of the molecule is CCNCC(=O)N1CCN(c2ccc([N+](=O)[O-])cc2)CC1. The number of non-ortho nitro benzene ring substituents is 1. The van der Waals surface area contributed by atoms with E-state index < -0.39 is 4.92 Å². The number of nitrogens with one attached hydrogen (secondary N) is 1. The lowest BCUT2D eigenvalue weighted by Crippen LogP contribution is -2.50. The third-order valence-corrected chi connectivity index (χ3v) is 3.58. The van der Waals surface area contributed by atoms with Crippen LogP contribution in [0.5, 0.6) is 0 Å². The van der Waals surface area contributed by atoms with E-state index in [1.807, 2.05) is 11.8 Å². The van der Waals surface area contributed by atoms with Gasteiger partial charge in [-0.3, -0.25) is 14.9 Å². The van der Waals surface area contributed by atoms with Crippen molar-refractivity contribution in [2.24, 2.45) is 0 Å². The van der Waals surface area contributed by atoms with Crippen LogP contribution >= 0.6 is 0 Å². The van der Waals surface area contributed by atoms with Gasteiger partial charge in [0.25, 0.3) is 5.69 Å². The van der Waals surface area contributed by atoms with Crippen molar-refractivity contribution in [1.29, 1.82) is 0 Å². The van der Waals surface area contributed by atoms with Gasteiger partial charge in [-0.25, -0.2) is 0 Å². The summed E-state index contributed by atoms with van der Waals surface area (Å²) >= 11 is 0. The van der Waals surface area contributed by atoms with E-state index in [-0.39, 0.29) is 11.6 Å². The summed E-state index contributed by atoms with van der Waals surface area (Å²) in [6, 6.07) is 6.54. The van der Waals surface area contributed by atoms with Crippen LogP contribution in [-0.2, 0) is 4.79 Å². The number of rotatable bonds is 5. The first-order chi connectivity index (χ1) is 10.1. The molecule has 0 unspecified atom stereocenters. The zero-order valence-electron chi connectivity index (χ0n) is 12.1. The number of nitro benzene ring substituents is 1. The summed E-state index contributed by atoms with van der Waals surface area (Å²) in [5, 5.41) is 13.7. The molecule has 1 amide bonds. The number of carbonyl (C=O) groups excluding carboxylic acids is 1. The monoisotopic (exact) mass is 292 g/mol. The minimum Gasteiger partial charge on any atom is -0.368 e. The molecule has 0 bridgehead atoms. The van der Waals surface area contributed by atoms with E-state index >= 15 is 0 Å². The highest BCUT2D eigenvalue weighted by Gasteiger charge is 2.21. The van der Waals surface area contributed by atoms with Crippen LogP contribution in [0.25, 0.3) is 0 Å². The van der Waals surface area contributed by atoms with Gasteiger partial charge >= 0.3 is 0 Å².